The summed E-state index contributed by atoms with van der Waals surface area (Å²) < 4.78 is 16.7. The number of methoxy groups -OCH3 is 1. The number of benzene rings is 3. The van der Waals surface area contributed by atoms with Crippen molar-refractivity contribution in [2.24, 2.45) is 0 Å². The van der Waals surface area contributed by atoms with Gasteiger partial charge in [0, 0.05) is 5.02 Å². The number of hydrogen-bond donors (Lipinski definition) is 0. The number of halogens is 1. The number of esters is 1. The number of nitrogens with zero attached hydrogens (tertiary/aromatic N) is 1. The number of allylic oxidation sites excluding steroid dienone is 1. The van der Waals surface area contributed by atoms with Gasteiger partial charge in [-0.25, -0.2) is 4.79 Å². The van der Waals surface area contributed by atoms with Gasteiger partial charge in [-0.3, -0.25) is 0 Å². The van der Waals surface area contributed by atoms with E-state index in [2.05, 4.69) is 19.9 Å². The fraction of sp³-hybridized carbons (Fsp3) is 0.214. The third-order valence-corrected chi connectivity index (χ3v) is 5.39. The molecule has 0 fully saturated rings. The Balaban J connectivity index is 1.74. The number of nitriles is 1. The van der Waals surface area contributed by atoms with E-state index >= 15 is 0 Å². The van der Waals surface area contributed by atoms with Crippen molar-refractivity contribution in [3.8, 4) is 23.3 Å². The van der Waals surface area contributed by atoms with Crippen LogP contribution in [0.25, 0.3) is 11.6 Å². The average molecular weight is 476 g/mol. The van der Waals surface area contributed by atoms with E-state index < -0.39 is 5.97 Å². The maximum Gasteiger partial charge on any atom is 0.349 e. The second kappa shape index (κ2) is 11.4. The Morgan fingerprint density at radius 1 is 1.03 bits per heavy atom. The lowest BCUT2D eigenvalue weighted by Gasteiger charge is -2.15. The lowest BCUT2D eigenvalue weighted by Crippen LogP contribution is -2.18. The van der Waals surface area contributed by atoms with Crippen LogP contribution in [-0.4, -0.2) is 19.7 Å². The molecule has 174 valence electrons. The molecule has 0 amide bonds. The summed E-state index contributed by atoms with van der Waals surface area (Å²) in [6, 6.07) is 20.2. The summed E-state index contributed by atoms with van der Waals surface area (Å²) in [5, 5.41) is 10.2. The minimum Gasteiger partial charge on any atom is -0.493 e. The lowest BCUT2D eigenvalue weighted by atomic mass is 10.0. The van der Waals surface area contributed by atoms with Crippen LogP contribution in [0.1, 0.15) is 42.0 Å². The van der Waals surface area contributed by atoms with Gasteiger partial charge in [0.1, 0.15) is 5.75 Å². The summed E-state index contributed by atoms with van der Waals surface area (Å²) in [4.78, 5) is 12.5. The predicted octanol–water partition coefficient (Wildman–Crippen LogP) is 6.83. The third kappa shape index (κ3) is 6.40. The fourth-order valence-corrected chi connectivity index (χ4v) is 3.49. The third-order valence-electron chi connectivity index (χ3n) is 5.13. The Bertz CT molecular complexity index is 1240. The maximum atomic E-state index is 12.5. The van der Waals surface area contributed by atoms with E-state index in [9.17, 15) is 10.1 Å². The molecule has 0 aliphatic carbocycles. The van der Waals surface area contributed by atoms with Gasteiger partial charge in [0.25, 0.3) is 0 Å². The minimum atomic E-state index is -0.545. The summed E-state index contributed by atoms with van der Waals surface area (Å²) in [7, 11) is 1.49. The van der Waals surface area contributed by atoms with Gasteiger partial charge < -0.3 is 14.2 Å². The first kappa shape index (κ1) is 24.9. The zero-order valence-electron chi connectivity index (χ0n) is 19.6. The van der Waals surface area contributed by atoms with Crippen molar-refractivity contribution < 1.29 is 19.0 Å². The fourth-order valence-electron chi connectivity index (χ4n) is 3.37. The smallest absolute Gasteiger partial charge is 0.349 e. The normalized spacial score (nSPS) is 11.1. The number of carbonyl (C=O) groups excluding carboxylic acids is 1. The van der Waals surface area contributed by atoms with Crippen molar-refractivity contribution in [3.05, 3.63) is 87.9 Å². The zero-order chi connectivity index (χ0) is 24.7. The van der Waals surface area contributed by atoms with Crippen LogP contribution in [-0.2, 0) is 4.79 Å². The molecule has 0 aromatic heterocycles. The van der Waals surface area contributed by atoms with E-state index in [0.29, 0.717) is 22.1 Å². The van der Waals surface area contributed by atoms with Crippen LogP contribution in [0.2, 0.25) is 5.02 Å². The summed E-state index contributed by atoms with van der Waals surface area (Å²) >= 11 is 5.93. The monoisotopic (exact) mass is 475 g/mol. The molecule has 0 saturated heterocycles. The molecule has 0 aliphatic heterocycles. The van der Waals surface area contributed by atoms with Crippen molar-refractivity contribution in [2.45, 2.75) is 26.7 Å². The summed E-state index contributed by atoms with van der Waals surface area (Å²) in [6.07, 6.45) is 1.73. The largest absolute Gasteiger partial charge is 0.493 e. The Labute approximate surface area is 205 Å². The predicted molar refractivity (Wildman–Crippen MR) is 134 cm³/mol. The molecule has 3 aromatic rings. The van der Waals surface area contributed by atoms with Crippen molar-refractivity contribution in [1.29, 1.82) is 5.26 Å². The second-order valence-corrected chi connectivity index (χ2v) is 8.48. The molecule has 0 unspecified atom stereocenters. The average Bonchev–Trinajstić information content (AvgIpc) is 2.82. The molecule has 0 spiro atoms. The van der Waals surface area contributed by atoms with Crippen molar-refractivity contribution in [1.82, 2.24) is 0 Å². The van der Waals surface area contributed by atoms with E-state index in [1.54, 1.807) is 48.5 Å². The van der Waals surface area contributed by atoms with Gasteiger partial charge in [0.2, 0.25) is 0 Å². The molecular formula is C28H26ClNO4. The second-order valence-electron chi connectivity index (χ2n) is 8.05. The Morgan fingerprint density at radius 3 is 2.41 bits per heavy atom. The van der Waals surface area contributed by atoms with Gasteiger partial charge in [0.05, 0.1) is 18.8 Å². The Hall–Kier alpha value is -3.75. The number of ether oxygens (including phenoxy) is 3. The maximum absolute atomic E-state index is 12.5. The van der Waals surface area contributed by atoms with Crippen molar-refractivity contribution >= 4 is 29.2 Å². The highest BCUT2D eigenvalue weighted by Crippen LogP contribution is 2.31. The van der Waals surface area contributed by atoms with Gasteiger partial charge in [-0.05, 0) is 71.5 Å². The molecule has 0 radical (unpaired) electrons. The summed E-state index contributed by atoms with van der Waals surface area (Å²) in [6.45, 7) is 5.88. The standard InChI is InChI=1S/C28H26ClNO4/c1-18(2)24-11-5-19(3)13-26(24)33-17-28(31)34-25-12-6-20(15-27(25)32-4)14-22(16-30)21-7-9-23(29)10-8-21/h5-15,18H,17H2,1-4H3. The van der Waals surface area contributed by atoms with Crippen LogP contribution in [0.15, 0.2) is 60.7 Å². The van der Waals surface area contributed by atoms with E-state index in [4.69, 9.17) is 25.8 Å². The molecule has 34 heavy (non-hydrogen) atoms. The van der Waals surface area contributed by atoms with Crippen molar-refractivity contribution in [2.75, 3.05) is 13.7 Å². The highest BCUT2D eigenvalue weighted by molar-refractivity contribution is 6.30. The SMILES string of the molecule is COc1cc(C=C(C#N)c2ccc(Cl)cc2)ccc1OC(=O)COc1cc(C)ccc1C(C)C. The first-order valence-corrected chi connectivity index (χ1v) is 11.2. The van der Waals surface area contributed by atoms with Crippen LogP contribution in [0, 0.1) is 18.3 Å². The molecule has 0 bridgehead atoms. The first-order valence-electron chi connectivity index (χ1n) is 10.8. The summed E-state index contributed by atoms with van der Waals surface area (Å²) in [5.74, 6) is 1.03. The Kier molecular flexibility index (Phi) is 8.34. The molecule has 0 heterocycles. The molecule has 0 saturated carbocycles. The molecule has 3 aromatic carbocycles. The van der Waals surface area contributed by atoms with Gasteiger partial charge in [-0.2, -0.15) is 5.26 Å². The van der Waals surface area contributed by atoms with Gasteiger partial charge >= 0.3 is 5.97 Å². The molecule has 0 atom stereocenters. The van der Waals surface area contributed by atoms with Crippen molar-refractivity contribution in [3.63, 3.8) is 0 Å². The molecule has 3 rings (SSSR count). The molecule has 6 heteroatoms. The number of aryl methyl sites for hydroxylation is 1. The van der Waals surface area contributed by atoms with Crippen LogP contribution >= 0.6 is 11.6 Å². The lowest BCUT2D eigenvalue weighted by molar-refractivity contribution is -0.136. The number of hydrogen-bond acceptors (Lipinski definition) is 5. The first-order chi connectivity index (χ1) is 16.3. The number of rotatable bonds is 8. The molecule has 0 N–H and O–H groups in total. The van der Waals surface area contributed by atoms with Gasteiger partial charge in [-0.1, -0.05) is 55.8 Å². The zero-order valence-corrected chi connectivity index (χ0v) is 20.3. The highest BCUT2D eigenvalue weighted by Gasteiger charge is 2.14. The molecule has 0 aliphatic rings. The molecule has 5 nitrogen and oxygen atoms in total. The van der Waals surface area contributed by atoms with E-state index in [-0.39, 0.29) is 18.3 Å². The summed E-state index contributed by atoms with van der Waals surface area (Å²) in [5.41, 5.74) is 4.02. The van der Waals surface area contributed by atoms with Gasteiger partial charge in [0.15, 0.2) is 18.1 Å². The highest BCUT2D eigenvalue weighted by atomic mass is 35.5. The van der Waals surface area contributed by atoms with Crippen LogP contribution in [0.5, 0.6) is 17.2 Å². The van der Waals surface area contributed by atoms with E-state index in [0.717, 1.165) is 22.3 Å². The van der Waals surface area contributed by atoms with Crippen LogP contribution < -0.4 is 14.2 Å². The van der Waals surface area contributed by atoms with Crippen LogP contribution in [0.4, 0.5) is 0 Å². The van der Waals surface area contributed by atoms with E-state index in [1.807, 2.05) is 25.1 Å². The Morgan fingerprint density at radius 2 is 1.76 bits per heavy atom. The minimum absolute atomic E-state index is 0.233. The van der Waals surface area contributed by atoms with E-state index in [1.165, 1.54) is 7.11 Å². The number of carbonyl (C=O) groups is 1. The van der Waals surface area contributed by atoms with Crippen LogP contribution in [0.3, 0.4) is 0 Å². The van der Waals surface area contributed by atoms with Gasteiger partial charge in [-0.15, -0.1) is 0 Å². The molecular weight excluding hydrogens is 450 g/mol. The topological polar surface area (TPSA) is 68.5 Å². The quantitative estimate of drug-likeness (QED) is 0.154.